The molecule has 1 aliphatic rings. The van der Waals surface area contributed by atoms with Crippen LogP contribution in [0.5, 0.6) is 5.75 Å². The van der Waals surface area contributed by atoms with Crippen LogP contribution in [0.3, 0.4) is 0 Å². The Morgan fingerprint density at radius 2 is 1.96 bits per heavy atom. The van der Waals surface area contributed by atoms with Crippen LogP contribution >= 0.6 is 23.2 Å². The van der Waals surface area contributed by atoms with Crippen molar-refractivity contribution >= 4 is 29.0 Å². The van der Waals surface area contributed by atoms with Gasteiger partial charge in [0.05, 0.1) is 17.2 Å². The molecule has 0 spiro atoms. The Hall–Kier alpha value is -1.59. The highest BCUT2D eigenvalue weighted by atomic mass is 35.5. The van der Waals surface area contributed by atoms with E-state index < -0.39 is 5.54 Å². The molecule has 4 nitrogen and oxygen atoms in total. The fourth-order valence-corrected chi connectivity index (χ4v) is 4.06. The molecule has 0 amide bonds. The van der Waals surface area contributed by atoms with E-state index in [1.165, 1.54) is 5.56 Å². The predicted octanol–water partition coefficient (Wildman–Crippen LogP) is 3.72. The number of carbonyl (C=O) groups excluding carboxylic acids is 1. The van der Waals surface area contributed by atoms with Gasteiger partial charge in [0.25, 0.3) is 0 Å². The fraction of sp³-hybridized carbons (Fsp3) is 0.381. The molecule has 1 atom stereocenters. The molecule has 2 aromatic rings. The van der Waals surface area contributed by atoms with Gasteiger partial charge in [-0.05, 0) is 61.5 Å². The lowest BCUT2D eigenvalue weighted by molar-refractivity contribution is -0.126. The summed E-state index contributed by atoms with van der Waals surface area (Å²) < 4.78 is 5.42. The summed E-state index contributed by atoms with van der Waals surface area (Å²) in [7, 11) is 5.60. The van der Waals surface area contributed by atoms with Gasteiger partial charge in [0.2, 0.25) is 0 Å². The Bertz CT molecular complexity index is 854. The van der Waals surface area contributed by atoms with Gasteiger partial charge in [-0.3, -0.25) is 10.1 Å². The maximum absolute atomic E-state index is 13.6. The van der Waals surface area contributed by atoms with E-state index in [0.717, 1.165) is 29.8 Å². The van der Waals surface area contributed by atoms with Gasteiger partial charge in [-0.2, -0.15) is 0 Å². The lowest BCUT2D eigenvalue weighted by atomic mass is 9.77. The minimum absolute atomic E-state index is 0.101. The maximum Gasteiger partial charge on any atom is 0.163 e. The number of carbonyl (C=O) groups is 1. The van der Waals surface area contributed by atoms with Crippen LogP contribution in [0, 0.1) is 0 Å². The summed E-state index contributed by atoms with van der Waals surface area (Å²) in [5, 5.41) is 4.46. The second-order valence-corrected chi connectivity index (χ2v) is 8.01. The quantitative estimate of drug-likeness (QED) is 0.793. The number of hydrogen-bond acceptors (Lipinski definition) is 4. The van der Waals surface area contributed by atoms with Crippen LogP contribution in [0.25, 0.3) is 0 Å². The molecule has 144 valence electrons. The predicted molar refractivity (Wildman–Crippen MR) is 110 cm³/mol. The van der Waals surface area contributed by atoms with E-state index in [4.69, 9.17) is 27.9 Å². The number of methoxy groups -OCH3 is 1. The summed E-state index contributed by atoms with van der Waals surface area (Å²) >= 11 is 12.2. The van der Waals surface area contributed by atoms with Gasteiger partial charge < -0.3 is 9.64 Å². The summed E-state index contributed by atoms with van der Waals surface area (Å²) in [5.41, 5.74) is 2.23. The van der Waals surface area contributed by atoms with Crippen LogP contribution in [0.15, 0.2) is 36.4 Å². The molecule has 1 N–H and O–H groups in total. The second kappa shape index (κ2) is 8.19. The fourth-order valence-electron chi connectivity index (χ4n) is 3.74. The molecule has 0 saturated carbocycles. The first kappa shape index (κ1) is 20.2. The van der Waals surface area contributed by atoms with E-state index in [9.17, 15) is 4.79 Å². The molecule has 6 heteroatoms. The van der Waals surface area contributed by atoms with Crippen molar-refractivity contribution in [3.05, 3.63) is 63.1 Å². The van der Waals surface area contributed by atoms with Gasteiger partial charge in [-0.1, -0.05) is 35.3 Å². The number of rotatable bonds is 6. The highest BCUT2D eigenvalue weighted by Crippen LogP contribution is 2.34. The first-order valence-electron chi connectivity index (χ1n) is 8.90. The van der Waals surface area contributed by atoms with E-state index in [1.807, 2.05) is 37.2 Å². The Morgan fingerprint density at radius 1 is 1.19 bits per heavy atom. The minimum atomic E-state index is -0.794. The lowest BCUT2D eigenvalue weighted by Crippen LogP contribution is -2.58. The molecule has 2 aromatic carbocycles. The molecule has 1 aliphatic heterocycles. The van der Waals surface area contributed by atoms with Crippen molar-refractivity contribution in [1.29, 1.82) is 0 Å². The third-order valence-electron chi connectivity index (χ3n) is 4.98. The zero-order chi connectivity index (χ0) is 19.6. The zero-order valence-electron chi connectivity index (χ0n) is 15.8. The van der Waals surface area contributed by atoms with Gasteiger partial charge in [0.15, 0.2) is 5.78 Å². The molecule has 1 heterocycles. The summed E-state index contributed by atoms with van der Waals surface area (Å²) in [6.45, 7) is 1.31. The van der Waals surface area contributed by atoms with Gasteiger partial charge in [0.1, 0.15) is 11.3 Å². The number of hydrogen-bond donors (Lipinski definition) is 1. The van der Waals surface area contributed by atoms with Crippen molar-refractivity contribution in [3.63, 3.8) is 0 Å². The second-order valence-electron chi connectivity index (χ2n) is 7.19. The minimum Gasteiger partial charge on any atom is -0.497 e. The molecule has 1 unspecified atom stereocenters. The Kier molecular flexibility index (Phi) is 6.11. The van der Waals surface area contributed by atoms with Gasteiger partial charge in [-0.15, -0.1) is 0 Å². The average Bonchev–Trinajstić information content (AvgIpc) is 2.64. The van der Waals surface area contributed by atoms with Crippen LogP contribution in [0.4, 0.5) is 0 Å². The summed E-state index contributed by atoms with van der Waals surface area (Å²) in [5.74, 6) is 0.853. The van der Waals surface area contributed by atoms with Gasteiger partial charge >= 0.3 is 0 Å². The first-order valence-corrected chi connectivity index (χ1v) is 9.65. The maximum atomic E-state index is 13.6. The Balaban J connectivity index is 2.03. The SMILES string of the molecule is COc1ccc2c(c1)C(CN(C)C)(C(=O)Cc1ccc(Cl)c(Cl)c1)NCC2. The summed E-state index contributed by atoms with van der Waals surface area (Å²) in [6.07, 6.45) is 1.16. The van der Waals surface area contributed by atoms with Crippen LogP contribution in [0.2, 0.25) is 10.0 Å². The van der Waals surface area contributed by atoms with E-state index in [-0.39, 0.29) is 12.2 Å². The van der Waals surface area contributed by atoms with Crippen molar-refractivity contribution in [3.8, 4) is 5.75 Å². The number of halogens is 2. The third kappa shape index (κ3) is 4.14. The van der Waals surface area contributed by atoms with E-state index in [0.29, 0.717) is 16.6 Å². The number of likely N-dealkylation sites (N-methyl/N-ethyl adjacent to an activating group) is 1. The van der Waals surface area contributed by atoms with E-state index in [2.05, 4.69) is 11.4 Å². The number of ether oxygens (including phenoxy) is 1. The largest absolute Gasteiger partial charge is 0.497 e. The van der Waals surface area contributed by atoms with Crippen LogP contribution < -0.4 is 10.1 Å². The van der Waals surface area contributed by atoms with Crippen molar-refractivity contribution in [2.75, 3.05) is 34.3 Å². The average molecular weight is 407 g/mol. The summed E-state index contributed by atoms with van der Waals surface area (Å²) in [6, 6.07) is 11.3. The standard InChI is InChI=1S/C21H24Cl2N2O2/c1-25(2)13-21(20(26)11-14-4-7-18(22)19(23)10-14)17-12-16(27-3)6-5-15(17)8-9-24-21/h4-7,10,12,24H,8-9,11,13H2,1-3H3. The van der Waals surface area contributed by atoms with Crippen LogP contribution in [-0.2, 0) is 23.2 Å². The molecule has 0 aliphatic carbocycles. The topological polar surface area (TPSA) is 41.6 Å². The van der Waals surface area contributed by atoms with E-state index in [1.54, 1.807) is 19.2 Å². The molecule has 27 heavy (non-hydrogen) atoms. The monoisotopic (exact) mass is 406 g/mol. The van der Waals surface area contributed by atoms with Crippen molar-refractivity contribution < 1.29 is 9.53 Å². The van der Waals surface area contributed by atoms with Crippen LogP contribution in [-0.4, -0.2) is 45.0 Å². The number of ketones is 1. The molecule has 0 bridgehead atoms. The number of benzene rings is 2. The molecule has 3 rings (SSSR count). The first-order chi connectivity index (χ1) is 12.9. The van der Waals surface area contributed by atoms with Crippen molar-refractivity contribution in [2.24, 2.45) is 0 Å². The molecule has 0 saturated heterocycles. The third-order valence-corrected chi connectivity index (χ3v) is 5.72. The van der Waals surface area contributed by atoms with Crippen molar-refractivity contribution in [1.82, 2.24) is 10.2 Å². The molecule has 0 fully saturated rings. The van der Waals surface area contributed by atoms with Crippen LogP contribution in [0.1, 0.15) is 16.7 Å². The molecular formula is C21H24Cl2N2O2. The number of nitrogens with zero attached hydrogens (tertiary/aromatic N) is 1. The number of fused-ring (bicyclic) bond motifs is 1. The highest BCUT2D eigenvalue weighted by Gasteiger charge is 2.43. The Labute approximate surface area is 170 Å². The number of Topliss-reactive ketones (excluding diaryl/α,β-unsaturated/α-hetero) is 1. The van der Waals surface area contributed by atoms with Gasteiger partial charge in [-0.25, -0.2) is 0 Å². The molecular weight excluding hydrogens is 383 g/mol. The Morgan fingerprint density at radius 3 is 2.63 bits per heavy atom. The smallest absolute Gasteiger partial charge is 0.163 e. The number of nitrogens with one attached hydrogen (secondary N) is 1. The zero-order valence-corrected chi connectivity index (χ0v) is 17.3. The summed E-state index contributed by atoms with van der Waals surface area (Å²) in [4.78, 5) is 15.6. The van der Waals surface area contributed by atoms with Gasteiger partial charge in [0, 0.05) is 19.5 Å². The molecule has 0 radical (unpaired) electrons. The molecule has 0 aromatic heterocycles. The lowest BCUT2D eigenvalue weighted by Gasteiger charge is -2.41. The van der Waals surface area contributed by atoms with Crippen molar-refractivity contribution in [2.45, 2.75) is 18.4 Å². The normalized spacial score (nSPS) is 19.0. The van der Waals surface area contributed by atoms with E-state index >= 15 is 0 Å². The highest BCUT2D eigenvalue weighted by molar-refractivity contribution is 6.42.